The molecule has 0 atom stereocenters. The number of carboxylic acid groups (broad SMARTS) is 1. The van der Waals surface area contributed by atoms with Crippen molar-refractivity contribution in [2.45, 2.75) is 6.54 Å². The molecule has 1 heterocycles. The Morgan fingerprint density at radius 3 is 2.35 bits per heavy atom. The average Bonchev–Trinajstić information content (AvgIpc) is 2.97. The molecule has 124 valence electrons. The van der Waals surface area contributed by atoms with E-state index < -0.39 is 5.97 Å². The van der Waals surface area contributed by atoms with Crippen LogP contribution in [0.3, 0.4) is 0 Å². The Bertz CT molecular complexity index is 652. The summed E-state index contributed by atoms with van der Waals surface area (Å²) in [6.45, 7) is 3.97. The van der Waals surface area contributed by atoms with Crippen molar-refractivity contribution in [3.05, 3.63) is 65.6 Å². The van der Waals surface area contributed by atoms with Crippen LogP contribution in [0.15, 0.2) is 54.3 Å². The Morgan fingerprint density at radius 2 is 1.91 bits per heavy atom. The van der Waals surface area contributed by atoms with Crippen LogP contribution in [0, 0.1) is 0 Å². The highest BCUT2D eigenvalue weighted by molar-refractivity contribution is 6.28. The number of nitrogens with one attached hydrogen (secondary N) is 1. The molecule has 7 heteroatoms. The number of aromatic nitrogens is 1. The van der Waals surface area contributed by atoms with Crippen LogP contribution in [-0.4, -0.2) is 34.2 Å². The van der Waals surface area contributed by atoms with Crippen LogP contribution in [0.4, 0.5) is 0 Å². The summed E-state index contributed by atoms with van der Waals surface area (Å²) in [4.78, 5) is 11.0. The van der Waals surface area contributed by atoms with E-state index in [9.17, 15) is 4.79 Å². The van der Waals surface area contributed by atoms with Crippen molar-refractivity contribution in [1.29, 1.82) is 0 Å². The lowest BCUT2D eigenvalue weighted by molar-refractivity contribution is 0.0688. The monoisotopic (exact) mass is 355 g/mol. The van der Waals surface area contributed by atoms with E-state index in [-0.39, 0.29) is 5.69 Å². The van der Waals surface area contributed by atoms with Gasteiger partial charge in [-0.3, -0.25) is 0 Å². The van der Waals surface area contributed by atoms with Crippen LogP contribution >= 0.6 is 23.4 Å². The minimum Gasteiger partial charge on any atom is -0.477 e. The van der Waals surface area contributed by atoms with Crippen molar-refractivity contribution in [3.63, 3.8) is 0 Å². The molecule has 0 aliphatic heterocycles. The van der Waals surface area contributed by atoms with Gasteiger partial charge in [0, 0.05) is 32.5 Å². The highest BCUT2D eigenvalue weighted by atomic mass is 35.5. The molecule has 1 aromatic heterocycles. The molecule has 0 aliphatic carbocycles. The van der Waals surface area contributed by atoms with E-state index in [1.54, 1.807) is 41.4 Å². The molecule has 0 spiro atoms. The standard InChI is InChI=1S/C13H13ClN2O2.C3H6ClN/c1-15(14)9-10-4-6-11(7-5-10)16-8-2-3-12(16)13(17)18;1-3(4)5-2/h2-8H,9H2,1H3,(H,17,18);5H,1H2,2H3. The third-order valence-electron chi connectivity index (χ3n) is 2.85. The number of rotatable bonds is 5. The van der Waals surface area contributed by atoms with Gasteiger partial charge in [0.1, 0.15) is 5.69 Å². The molecule has 0 saturated carbocycles. The normalized spacial score (nSPS) is 9.96. The summed E-state index contributed by atoms with van der Waals surface area (Å²) in [5.74, 6) is -0.940. The second-order valence-electron chi connectivity index (χ2n) is 4.65. The first-order chi connectivity index (χ1) is 10.8. The molecule has 0 bridgehead atoms. The number of hydrogen-bond donors (Lipinski definition) is 2. The number of benzene rings is 1. The molecule has 0 radical (unpaired) electrons. The fourth-order valence-corrected chi connectivity index (χ4v) is 1.93. The van der Waals surface area contributed by atoms with Crippen LogP contribution < -0.4 is 5.32 Å². The highest BCUT2D eigenvalue weighted by Crippen LogP contribution is 2.15. The van der Waals surface area contributed by atoms with E-state index in [1.165, 1.54) is 0 Å². The van der Waals surface area contributed by atoms with Crippen LogP contribution in [0.2, 0.25) is 0 Å². The SMILES string of the molecule is C=C(Cl)NC.CN(Cl)Cc1ccc(-n2cccc2C(=O)O)cc1. The molecule has 0 unspecified atom stereocenters. The van der Waals surface area contributed by atoms with E-state index >= 15 is 0 Å². The maximum Gasteiger partial charge on any atom is 0.352 e. The zero-order valence-electron chi connectivity index (χ0n) is 13.0. The fourth-order valence-electron chi connectivity index (χ4n) is 1.79. The number of halogens is 2. The third kappa shape index (κ3) is 6.36. The quantitative estimate of drug-likeness (QED) is 0.634. The van der Waals surface area contributed by atoms with E-state index in [0.717, 1.165) is 11.3 Å². The minimum absolute atomic E-state index is 0.247. The lowest BCUT2D eigenvalue weighted by atomic mass is 10.2. The second-order valence-corrected chi connectivity index (χ2v) is 5.69. The molecule has 5 nitrogen and oxygen atoms in total. The topological polar surface area (TPSA) is 57.5 Å². The zero-order valence-corrected chi connectivity index (χ0v) is 14.5. The number of nitrogens with zero attached hydrogens (tertiary/aromatic N) is 2. The Balaban J connectivity index is 0.000000463. The van der Waals surface area contributed by atoms with Gasteiger partial charge in [-0.1, -0.05) is 30.3 Å². The predicted molar refractivity (Wildman–Crippen MR) is 94.1 cm³/mol. The van der Waals surface area contributed by atoms with Crippen LogP contribution in [0.25, 0.3) is 5.69 Å². The van der Waals surface area contributed by atoms with Gasteiger partial charge in [0.25, 0.3) is 0 Å². The van der Waals surface area contributed by atoms with Gasteiger partial charge in [-0.05, 0) is 41.6 Å². The molecule has 2 aromatic rings. The van der Waals surface area contributed by atoms with Crippen molar-refractivity contribution >= 4 is 29.3 Å². The Labute approximate surface area is 145 Å². The highest BCUT2D eigenvalue weighted by Gasteiger charge is 2.09. The zero-order chi connectivity index (χ0) is 17.4. The first kappa shape index (κ1) is 19.1. The molecule has 0 amide bonds. The fraction of sp³-hybridized carbons (Fsp3) is 0.188. The smallest absolute Gasteiger partial charge is 0.352 e. The molecule has 2 N–H and O–H groups in total. The largest absolute Gasteiger partial charge is 0.477 e. The van der Waals surface area contributed by atoms with Crippen molar-refractivity contribution in [2.24, 2.45) is 0 Å². The summed E-state index contributed by atoms with van der Waals surface area (Å²) in [6, 6.07) is 10.9. The summed E-state index contributed by atoms with van der Waals surface area (Å²) < 4.78 is 3.20. The van der Waals surface area contributed by atoms with E-state index in [0.29, 0.717) is 11.7 Å². The molecule has 0 saturated heterocycles. The molecular weight excluding hydrogens is 337 g/mol. The Morgan fingerprint density at radius 1 is 1.35 bits per heavy atom. The molecule has 1 aromatic carbocycles. The van der Waals surface area contributed by atoms with Gasteiger partial charge in [-0.15, -0.1) is 0 Å². The molecular formula is C16H19Cl2N3O2. The van der Waals surface area contributed by atoms with Crippen molar-refractivity contribution < 1.29 is 9.90 Å². The van der Waals surface area contributed by atoms with Gasteiger partial charge in [0.2, 0.25) is 0 Å². The van der Waals surface area contributed by atoms with Crippen LogP contribution in [-0.2, 0) is 6.54 Å². The van der Waals surface area contributed by atoms with Crippen molar-refractivity contribution in [1.82, 2.24) is 14.3 Å². The number of carboxylic acids is 1. The lowest BCUT2D eigenvalue weighted by Crippen LogP contribution is -2.06. The summed E-state index contributed by atoms with van der Waals surface area (Å²) >= 11 is 10.9. The Kier molecular flexibility index (Phi) is 7.68. The van der Waals surface area contributed by atoms with E-state index in [1.807, 2.05) is 24.3 Å². The van der Waals surface area contributed by atoms with Crippen LogP contribution in [0.5, 0.6) is 0 Å². The summed E-state index contributed by atoms with van der Waals surface area (Å²) in [6.07, 6.45) is 1.73. The van der Waals surface area contributed by atoms with Gasteiger partial charge in [-0.2, -0.15) is 0 Å². The third-order valence-corrected chi connectivity index (χ3v) is 3.16. The molecule has 23 heavy (non-hydrogen) atoms. The summed E-state index contributed by atoms with van der Waals surface area (Å²) in [7, 11) is 3.50. The summed E-state index contributed by atoms with van der Waals surface area (Å²) in [5, 5.41) is 12.1. The van der Waals surface area contributed by atoms with Gasteiger partial charge < -0.3 is 15.0 Å². The van der Waals surface area contributed by atoms with Gasteiger partial charge in [0.05, 0.1) is 5.16 Å². The second kappa shape index (κ2) is 9.25. The van der Waals surface area contributed by atoms with E-state index in [2.05, 4.69) is 11.9 Å². The van der Waals surface area contributed by atoms with Gasteiger partial charge in [0.15, 0.2) is 0 Å². The first-order valence-corrected chi connectivity index (χ1v) is 7.45. The van der Waals surface area contributed by atoms with Gasteiger partial charge in [-0.25, -0.2) is 9.21 Å². The number of hydrogen-bond acceptors (Lipinski definition) is 3. The first-order valence-electron chi connectivity index (χ1n) is 6.74. The lowest BCUT2D eigenvalue weighted by Gasteiger charge is -2.09. The number of carbonyl (C=O) groups is 1. The maximum atomic E-state index is 11.0. The number of aromatic carboxylic acids is 1. The summed E-state index contributed by atoms with van der Waals surface area (Å²) in [5.41, 5.74) is 2.14. The molecule has 2 rings (SSSR count). The van der Waals surface area contributed by atoms with Crippen molar-refractivity contribution in [3.8, 4) is 5.69 Å². The van der Waals surface area contributed by atoms with Crippen molar-refractivity contribution in [2.75, 3.05) is 14.1 Å². The van der Waals surface area contributed by atoms with E-state index in [4.69, 9.17) is 28.5 Å². The Hall–Kier alpha value is -1.95. The predicted octanol–water partition coefficient (Wildman–Crippen LogP) is 3.68. The van der Waals surface area contributed by atoms with Gasteiger partial charge >= 0.3 is 5.97 Å². The molecule has 0 fully saturated rings. The molecule has 0 aliphatic rings. The maximum absolute atomic E-state index is 11.0. The average molecular weight is 356 g/mol. The van der Waals surface area contributed by atoms with Crippen LogP contribution in [0.1, 0.15) is 16.1 Å². The minimum atomic E-state index is -0.940.